The van der Waals surface area contributed by atoms with Gasteiger partial charge in [0.1, 0.15) is 5.70 Å². The highest BCUT2D eigenvalue weighted by Gasteiger charge is 2.15. The molecule has 0 unspecified atom stereocenters. The van der Waals surface area contributed by atoms with E-state index in [1.165, 1.54) is 18.2 Å². The summed E-state index contributed by atoms with van der Waals surface area (Å²) < 4.78 is 9.34. The molecular weight excluding hydrogens is 346 g/mol. The number of carbonyl (C=O) groups excluding carboxylic acids is 2. The molecule has 0 aliphatic carbocycles. The smallest absolute Gasteiger partial charge is 0.354 e. The fourth-order valence-electron chi connectivity index (χ4n) is 1.36. The number of anilines is 1. The monoisotopic (exact) mass is 357 g/mol. The van der Waals surface area contributed by atoms with Gasteiger partial charge in [-0.15, -0.1) is 0 Å². The molecule has 0 saturated carbocycles. The number of methoxy groups -OCH3 is 2. The van der Waals surface area contributed by atoms with Crippen LogP contribution in [0.1, 0.15) is 10.4 Å². The van der Waals surface area contributed by atoms with Gasteiger partial charge in [0, 0.05) is 10.2 Å². The second-order valence-electron chi connectivity index (χ2n) is 3.70. The Labute approximate surface area is 128 Å². The van der Waals surface area contributed by atoms with Crippen molar-refractivity contribution in [3.63, 3.8) is 0 Å². The van der Waals surface area contributed by atoms with E-state index >= 15 is 0 Å². The van der Waals surface area contributed by atoms with E-state index in [1.807, 2.05) is 0 Å². The van der Waals surface area contributed by atoms with Gasteiger partial charge in [-0.25, -0.2) is 14.4 Å². The van der Waals surface area contributed by atoms with E-state index in [0.29, 0.717) is 10.2 Å². The van der Waals surface area contributed by atoms with Crippen LogP contribution in [0.5, 0.6) is 0 Å². The minimum Gasteiger partial charge on any atom is -0.478 e. The molecule has 112 valence electrons. The number of esters is 2. The summed E-state index contributed by atoms with van der Waals surface area (Å²) in [6.45, 7) is 0. The van der Waals surface area contributed by atoms with Gasteiger partial charge in [0.25, 0.3) is 0 Å². The first-order chi connectivity index (χ1) is 9.88. The SMILES string of the molecule is COC(=O)/C=C(/Nc1ccc(Br)c(C(=O)O)c1)C(=O)OC. The van der Waals surface area contributed by atoms with Crippen LogP contribution in [-0.4, -0.2) is 37.2 Å². The molecule has 1 rings (SSSR count). The average molecular weight is 358 g/mol. The molecule has 0 heterocycles. The first-order valence-corrected chi connectivity index (χ1v) is 6.36. The Kier molecular flexibility index (Phi) is 5.92. The number of rotatable bonds is 5. The summed E-state index contributed by atoms with van der Waals surface area (Å²) in [7, 11) is 2.31. The zero-order chi connectivity index (χ0) is 16.0. The minimum absolute atomic E-state index is 0.00211. The van der Waals surface area contributed by atoms with Gasteiger partial charge in [-0.05, 0) is 34.1 Å². The van der Waals surface area contributed by atoms with Crippen molar-refractivity contribution in [1.82, 2.24) is 0 Å². The molecule has 0 radical (unpaired) electrons. The van der Waals surface area contributed by atoms with E-state index in [1.54, 1.807) is 0 Å². The van der Waals surface area contributed by atoms with Crippen molar-refractivity contribution >= 4 is 39.5 Å². The quantitative estimate of drug-likeness (QED) is 0.611. The standard InChI is InChI=1S/C13H12BrNO6/c1-20-11(16)6-10(13(19)21-2)15-7-3-4-9(14)8(5-7)12(17)18/h3-6,15H,1-2H3,(H,17,18)/b10-6+. The molecule has 21 heavy (non-hydrogen) atoms. The van der Waals surface area contributed by atoms with Gasteiger partial charge in [0.15, 0.2) is 0 Å². The van der Waals surface area contributed by atoms with Gasteiger partial charge >= 0.3 is 17.9 Å². The maximum atomic E-state index is 11.6. The van der Waals surface area contributed by atoms with Crippen LogP contribution in [0.25, 0.3) is 0 Å². The molecule has 0 fully saturated rings. The molecule has 0 aliphatic heterocycles. The van der Waals surface area contributed by atoms with Gasteiger partial charge in [0.05, 0.1) is 25.9 Å². The van der Waals surface area contributed by atoms with Crippen LogP contribution in [0, 0.1) is 0 Å². The van der Waals surface area contributed by atoms with E-state index in [0.717, 1.165) is 20.3 Å². The molecule has 1 aromatic rings. The number of aromatic carboxylic acids is 1. The average Bonchev–Trinajstić information content (AvgIpc) is 2.46. The van der Waals surface area contributed by atoms with Gasteiger partial charge in [-0.2, -0.15) is 0 Å². The van der Waals surface area contributed by atoms with Crippen LogP contribution < -0.4 is 5.32 Å². The number of carboxylic acids is 1. The van der Waals surface area contributed by atoms with E-state index in [4.69, 9.17) is 5.11 Å². The van der Waals surface area contributed by atoms with Crippen molar-refractivity contribution in [2.75, 3.05) is 19.5 Å². The highest BCUT2D eigenvalue weighted by molar-refractivity contribution is 9.10. The lowest BCUT2D eigenvalue weighted by Crippen LogP contribution is -2.15. The van der Waals surface area contributed by atoms with Crippen molar-refractivity contribution in [2.45, 2.75) is 0 Å². The number of halogens is 1. The van der Waals surface area contributed by atoms with Crippen molar-refractivity contribution in [3.8, 4) is 0 Å². The van der Waals surface area contributed by atoms with Crippen LogP contribution in [0.15, 0.2) is 34.4 Å². The van der Waals surface area contributed by atoms with Crippen LogP contribution in [0.2, 0.25) is 0 Å². The molecule has 1 aromatic carbocycles. The number of benzene rings is 1. The maximum Gasteiger partial charge on any atom is 0.354 e. The Bertz CT molecular complexity index is 611. The third-order valence-electron chi connectivity index (χ3n) is 2.34. The fraction of sp³-hybridized carbons (Fsp3) is 0.154. The van der Waals surface area contributed by atoms with E-state index in [9.17, 15) is 14.4 Å². The lowest BCUT2D eigenvalue weighted by Gasteiger charge is -2.10. The highest BCUT2D eigenvalue weighted by Crippen LogP contribution is 2.22. The fourth-order valence-corrected chi connectivity index (χ4v) is 1.77. The first-order valence-electron chi connectivity index (χ1n) is 5.57. The predicted molar refractivity (Wildman–Crippen MR) is 76.8 cm³/mol. The zero-order valence-electron chi connectivity index (χ0n) is 11.2. The predicted octanol–water partition coefficient (Wildman–Crippen LogP) is 1.79. The summed E-state index contributed by atoms with van der Waals surface area (Å²) in [5.41, 5.74) is 0.126. The van der Waals surface area contributed by atoms with E-state index in [-0.39, 0.29) is 11.3 Å². The third kappa shape index (κ3) is 4.60. The Morgan fingerprint density at radius 3 is 2.43 bits per heavy atom. The van der Waals surface area contributed by atoms with Gasteiger partial charge < -0.3 is 19.9 Å². The first kappa shape index (κ1) is 16.7. The lowest BCUT2D eigenvalue weighted by atomic mass is 10.2. The summed E-state index contributed by atoms with van der Waals surface area (Å²) in [5, 5.41) is 11.6. The van der Waals surface area contributed by atoms with Gasteiger partial charge in [0.2, 0.25) is 0 Å². The largest absolute Gasteiger partial charge is 0.478 e. The van der Waals surface area contributed by atoms with Crippen LogP contribution in [-0.2, 0) is 19.1 Å². The summed E-state index contributed by atoms with van der Waals surface area (Å²) in [6.07, 6.45) is 0.911. The van der Waals surface area contributed by atoms with Gasteiger partial charge in [-0.3, -0.25) is 0 Å². The normalized spacial score (nSPS) is 10.7. The second kappa shape index (κ2) is 7.44. The number of ether oxygens (including phenoxy) is 2. The lowest BCUT2D eigenvalue weighted by molar-refractivity contribution is -0.138. The molecule has 0 bridgehead atoms. The highest BCUT2D eigenvalue weighted by atomic mass is 79.9. The number of nitrogens with one attached hydrogen (secondary N) is 1. The van der Waals surface area contributed by atoms with Crippen molar-refractivity contribution < 1.29 is 29.0 Å². The minimum atomic E-state index is -1.14. The zero-order valence-corrected chi connectivity index (χ0v) is 12.8. The van der Waals surface area contributed by atoms with E-state index in [2.05, 4.69) is 30.7 Å². The number of hydrogen-bond acceptors (Lipinski definition) is 6. The molecule has 0 amide bonds. The summed E-state index contributed by atoms with van der Waals surface area (Å²) in [4.78, 5) is 33.8. The molecule has 8 heteroatoms. The molecule has 0 spiro atoms. The third-order valence-corrected chi connectivity index (χ3v) is 3.04. The van der Waals surface area contributed by atoms with Crippen LogP contribution in [0.3, 0.4) is 0 Å². The van der Waals surface area contributed by atoms with Crippen molar-refractivity contribution in [1.29, 1.82) is 0 Å². The number of hydrogen-bond donors (Lipinski definition) is 2. The summed E-state index contributed by atoms with van der Waals surface area (Å²) in [6, 6.07) is 4.34. The molecule has 0 aromatic heterocycles. The topological polar surface area (TPSA) is 102 Å². The van der Waals surface area contributed by atoms with E-state index < -0.39 is 17.9 Å². The Hall–Kier alpha value is -2.35. The number of carboxylic acid groups (broad SMARTS) is 1. The van der Waals surface area contributed by atoms with Crippen LogP contribution in [0.4, 0.5) is 5.69 Å². The number of carbonyl (C=O) groups is 3. The molecule has 7 nitrogen and oxygen atoms in total. The molecule has 2 N–H and O–H groups in total. The second-order valence-corrected chi connectivity index (χ2v) is 4.55. The van der Waals surface area contributed by atoms with Gasteiger partial charge in [-0.1, -0.05) is 0 Å². The molecular formula is C13H12BrNO6. The Morgan fingerprint density at radius 1 is 1.24 bits per heavy atom. The van der Waals surface area contributed by atoms with Crippen molar-refractivity contribution in [2.24, 2.45) is 0 Å². The molecule has 0 aliphatic rings. The van der Waals surface area contributed by atoms with Crippen molar-refractivity contribution in [3.05, 3.63) is 40.0 Å². The molecule has 0 atom stereocenters. The summed E-state index contributed by atoms with van der Waals surface area (Å²) in [5.74, 6) is -2.68. The Morgan fingerprint density at radius 2 is 1.90 bits per heavy atom. The summed E-state index contributed by atoms with van der Waals surface area (Å²) >= 11 is 3.10. The van der Waals surface area contributed by atoms with Crippen LogP contribution >= 0.6 is 15.9 Å². The Balaban J connectivity index is 3.12. The maximum absolute atomic E-state index is 11.6. The molecule has 0 saturated heterocycles.